The van der Waals surface area contributed by atoms with Gasteiger partial charge in [0.1, 0.15) is 11.0 Å². The van der Waals surface area contributed by atoms with E-state index in [1.807, 2.05) is 25.3 Å². The molecule has 2 aromatic carbocycles. The van der Waals surface area contributed by atoms with Gasteiger partial charge in [-0.05, 0) is 67.1 Å². The van der Waals surface area contributed by atoms with Crippen LogP contribution in [0.2, 0.25) is 5.02 Å². The molecule has 2 N–H and O–H groups in total. The fraction of sp³-hybridized carbons (Fsp3) is 0.100. The fourth-order valence-electron chi connectivity index (χ4n) is 2.60. The number of nitriles is 1. The van der Waals surface area contributed by atoms with Gasteiger partial charge in [0.2, 0.25) is 5.88 Å². The molecule has 0 atom stereocenters. The lowest BCUT2D eigenvalue weighted by molar-refractivity contribution is 0.430. The van der Waals surface area contributed by atoms with Gasteiger partial charge in [-0.25, -0.2) is 9.36 Å². The van der Waals surface area contributed by atoms with Gasteiger partial charge in [0, 0.05) is 11.1 Å². The summed E-state index contributed by atoms with van der Waals surface area (Å²) in [5.41, 5.74) is 1.10. The highest BCUT2D eigenvalue weighted by Gasteiger charge is 2.14. The molecule has 29 heavy (non-hydrogen) atoms. The zero-order valence-electron chi connectivity index (χ0n) is 15.4. The van der Waals surface area contributed by atoms with Crippen LogP contribution >= 0.6 is 23.4 Å². The van der Waals surface area contributed by atoms with Crippen LogP contribution < -0.4 is 11.2 Å². The lowest BCUT2D eigenvalue weighted by atomic mass is 10.1. The molecular formula is C20H15ClN4O3S. The largest absolute Gasteiger partial charge is 0.493 e. The number of nitrogens with zero attached hydrogens (tertiary/aromatic N) is 3. The summed E-state index contributed by atoms with van der Waals surface area (Å²) in [6.07, 6.45) is 1.16. The molecule has 0 aliphatic rings. The first-order chi connectivity index (χ1) is 13.8. The average molecular weight is 427 g/mol. The van der Waals surface area contributed by atoms with Gasteiger partial charge in [0.15, 0.2) is 0 Å². The zero-order valence-corrected chi connectivity index (χ0v) is 17.0. The molecule has 0 saturated heterocycles. The Morgan fingerprint density at radius 2 is 1.97 bits per heavy atom. The highest BCUT2D eigenvalue weighted by molar-refractivity contribution is 8.03. The molecule has 0 unspecified atom stereocenters. The van der Waals surface area contributed by atoms with Crippen LogP contribution in [0.1, 0.15) is 16.7 Å². The van der Waals surface area contributed by atoms with Crippen molar-refractivity contribution in [2.45, 2.75) is 18.7 Å². The maximum Gasteiger partial charge on any atom is 0.335 e. The van der Waals surface area contributed by atoms with Gasteiger partial charge in [0.25, 0.3) is 5.56 Å². The summed E-state index contributed by atoms with van der Waals surface area (Å²) in [7, 11) is 0. The van der Waals surface area contributed by atoms with E-state index < -0.39 is 17.1 Å². The van der Waals surface area contributed by atoms with E-state index in [-0.39, 0.29) is 5.56 Å². The van der Waals surface area contributed by atoms with E-state index in [9.17, 15) is 14.7 Å². The minimum absolute atomic E-state index is 0.172. The van der Waals surface area contributed by atoms with Crippen molar-refractivity contribution in [3.63, 3.8) is 0 Å². The van der Waals surface area contributed by atoms with E-state index in [0.717, 1.165) is 33.7 Å². The molecular weight excluding hydrogens is 412 g/mol. The Bertz CT molecular complexity index is 1290. The van der Waals surface area contributed by atoms with Crippen LogP contribution in [0.4, 0.5) is 5.69 Å². The third-order valence-corrected chi connectivity index (χ3v) is 5.38. The Morgan fingerprint density at radius 3 is 2.62 bits per heavy atom. The number of aryl methyl sites for hydroxylation is 2. The standard InChI is InChI=1S/C20H15ClN4O3S/c1-11-3-5-14(7-12(11)2)25-19(27)15(18(26)24-20(25)28)9-23-13-4-6-17(29-10-22)16(21)8-13/h3-9,27H,1-2H3,(H,24,26,28). The Kier molecular flexibility index (Phi) is 5.92. The van der Waals surface area contributed by atoms with Crippen molar-refractivity contribution >= 4 is 35.3 Å². The minimum atomic E-state index is -0.765. The number of hydrogen-bond acceptors (Lipinski definition) is 6. The first-order valence-corrected chi connectivity index (χ1v) is 9.56. The summed E-state index contributed by atoms with van der Waals surface area (Å²) in [5, 5.41) is 21.6. The number of nitrogens with one attached hydrogen (secondary N) is 1. The van der Waals surface area contributed by atoms with Crippen LogP contribution in [0.3, 0.4) is 0 Å². The smallest absolute Gasteiger partial charge is 0.335 e. The molecule has 0 spiro atoms. The summed E-state index contributed by atoms with van der Waals surface area (Å²) in [4.78, 5) is 31.4. The van der Waals surface area contributed by atoms with Crippen molar-refractivity contribution in [2.75, 3.05) is 0 Å². The van der Waals surface area contributed by atoms with Gasteiger partial charge in [-0.3, -0.25) is 14.8 Å². The Hall–Kier alpha value is -3.28. The number of benzene rings is 2. The zero-order chi connectivity index (χ0) is 21.1. The van der Waals surface area contributed by atoms with Crippen molar-refractivity contribution in [3.05, 3.63) is 78.9 Å². The molecule has 0 amide bonds. The summed E-state index contributed by atoms with van der Waals surface area (Å²) < 4.78 is 1.01. The SMILES string of the molecule is Cc1ccc(-n2c(O)c(C=Nc3ccc(SC#N)c(Cl)c3)c(=O)[nH]c2=O)cc1C. The van der Waals surface area contributed by atoms with Crippen molar-refractivity contribution < 1.29 is 5.11 Å². The maximum absolute atomic E-state index is 12.3. The van der Waals surface area contributed by atoms with Gasteiger partial charge < -0.3 is 5.11 Å². The second kappa shape index (κ2) is 8.39. The summed E-state index contributed by atoms with van der Waals surface area (Å²) >= 11 is 7.02. The summed E-state index contributed by atoms with van der Waals surface area (Å²) in [6, 6.07) is 10.0. The van der Waals surface area contributed by atoms with Crippen LogP contribution in [0, 0.1) is 24.5 Å². The van der Waals surface area contributed by atoms with Gasteiger partial charge in [0.05, 0.1) is 16.4 Å². The molecule has 0 aliphatic carbocycles. The average Bonchev–Trinajstić information content (AvgIpc) is 2.66. The topological polar surface area (TPSA) is 111 Å². The van der Waals surface area contributed by atoms with E-state index in [4.69, 9.17) is 16.9 Å². The van der Waals surface area contributed by atoms with Crippen LogP contribution in [0.5, 0.6) is 5.88 Å². The number of aromatic amines is 1. The van der Waals surface area contributed by atoms with Crippen LogP contribution in [-0.2, 0) is 0 Å². The van der Waals surface area contributed by atoms with Gasteiger partial charge in [-0.2, -0.15) is 5.26 Å². The molecule has 1 aromatic heterocycles. The van der Waals surface area contributed by atoms with Crippen molar-refractivity contribution in [2.24, 2.45) is 4.99 Å². The second-order valence-corrected chi connectivity index (χ2v) is 7.40. The number of thioether (sulfide) groups is 1. The second-order valence-electron chi connectivity index (χ2n) is 6.17. The molecule has 0 aliphatic heterocycles. The quantitative estimate of drug-likeness (QED) is 0.374. The van der Waals surface area contributed by atoms with E-state index in [0.29, 0.717) is 21.3 Å². The Balaban J connectivity index is 2.07. The predicted octanol–water partition coefficient (Wildman–Crippen LogP) is 3.83. The monoisotopic (exact) mass is 426 g/mol. The van der Waals surface area contributed by atoms with E-state index in [1.165, 1.54) is 6.07 Å². The molecule has 3 aromatic rings. The molecule has 0 saturated carbocycles. The normalized spacial score (nSPS) is 11.0. The molecule has 3 rings (SSSR count). The molecule has 0 radical (unpaired) electrons. The molecule has 146 valence electrons. The molecule has 9 heteroatoms. The van der Waals surface area contributed by atoms with Crippen LogP contribution in [-0.4, -0.2) is 20.9 Å². The van der Waals surface area contributed by atoms with Crippen molar-refractivity contribution in [1.29, 1.82) is 5.26 Å². The molecule has 0 fully saturated rings. The number of aliphatic imine (C=N–C) groups is 1. The maximum atomic E-state index is 12.3. The number of H-pyrrole nitrogens is 1. The summed E-state index contributed by atoms with van der Waals surface area (Å²) in [6.45, 7) is 3.81. The lowest BCUT2D eigenvalue weighted by Crippen LogP contribution is -2.31. The third kappa shape index (κ3) is 4.26. The van der Waals surface area contributed by atoms with E-state index >= 15 is 0 Å². The number of hydrogen-bond donors (Lipinski definition) is 2. The van der Waals surface area contributed by atoms with Crippen molar-refractivity contribution in [1.82, 2.24) is 9.55 Å². The molecule has 1 heterocycles. The first-order valence-electron chi connectivity index (χ1n) is 8.37. The number of thiocyanates is 1. The van der Waals surface area contributed by atoms with E-state index in [2.05, 4.69) is 9.98 Å². The number of aromatic hydroxyl groups is 1. The Morgan fingerprint density at radius 1 is 1.21 bits per heavy atom. The number of aromatic nitrogens is 2. The van der Waals surface area contributed by atoms with E-state index in [1.54, 1.807) is 24.3 Å². The number of halogens is 1. The molecule has 0 bridgehead atoms. The van der Waals surface area contributed by atoms with Gasteiger partial charge in [-0.15, -0.1) is 0 Å². The molecule has 7 nitrogen and oxygen atoms in total. The fourth-order valence-corrected chi connectivity index (χ4v) is 3.28. The van der Waals surface area contributed by atoms with Crippen LogP contribution in [0.15, 0.2) is 55.9 Å². The van der Waals surface area contributed by atoms with Gasteiger partial charge >= 0.3 is 5.69 Å². The first kappa shape index (κ1) is 20.5. The lowest BCUT2D eigenvalue weighted by Gasteiger charge is -2.11. The minimum Gasteiger partial charge on any atom is -0.493 e. The third-order valence-electron chi connectivity index (χ3n) is 4.28. The Labute approximate surface area is 174 Å². The highest BCUT2D eigenvalue weighted by Crippen LogP contribution is 2.30. The predicted molar refractivity (Wildman–Crippen MR) is 114 cm³/mol. The number of rotatable bonds is 4. The van der Waals surface area contributed by atoms with Gasteiger partial charge in [-0.1, -0.05) is 17.7 Å². The van der Waals surface area contributed by atoms with Crippen LogP contribution in [0.25, 0.3) is 5.69 Å². The van der Waals surface area contributed by atoms with Crippen molar-refractivity contribution in [3.8, 4) is 17.0 Å². The summed E-state index contributed by atoms with van der Waals surface area (Å²) in [5.74, 6) is -0.520. The highest BCUT2D eigenvalue weighted by atomic mass is 35.5.